The highest BCUT2D eigenvalue weighted by molar-refractivity contribution is 6.33. The van der Waals surface area contributed by atoms with Crippen molar-refractivity contribution in [2.24, 2.45) is 0 Å². The number of carbonyl (C=O) groups is 1. The fraction of sp³-hybridized carbons (Fsp3) is 0.290. The topological polar surface area (TPSA) is 58.8 Å². The minimum Gasteiger partial charge on any atom is -0.368 e. The molecule has 1 aliphatic heterocycles. The summed E-state index contributed by atoms with van der Waals surface area (Å²) >= 11 is 12.5. The van der Waals surface area contributed by atoms with Gasteiger partial charge in [-0.05, 0) is 48.4 Å². The third-order valence-corrected chi connectivity index (χ3v) is 7.84. The molecule has 5 rings (SSSR count). The van der Waals surface area contributed by atoms with E-state index in [1.807, 2.05) is 24.3 Å². The lowest BCUT2D eigenvalue weighted by Crippen LogP contribution is -2.49. The zero-order valence-electron chi connectivity index (χ0n) is 22.7. The maximum Gasteiger partial charge on any atom is 0.416 e. The van der Waals surface area contributed by atoms with E-state index in [0.717, 1.165) is 17.7 Å². The number of rotatable bonds is 8. The fourth-order valence-electron chi connectivity index (χ4n) is 4.91. The monoisotopic (exact) mass is 617 g/mol. The Hall–Kier alpha value is -3.37. The van der Waals surface area contributed by atoms with Gasteiger partial charge in [0.15, 0.2) is 0 Å². The summed E-state index contributed by atoms with van der Waals surface area (Å²) < 4.78 is 50.5. The highest BCUT2D eigenvalue weighted by atomic mass is 35.5. The molecule has 0 saturated carbocycles. The van der Waals surface area contributed by atoms with E-state index in [1.165, 1.54) is 12.1 Å². The van der Waals surface area contributed by atoms with E-state index in [4.69, 9.17) is 32.5 Å². The minimum absolute atomic E-state index is 0.140. The number of hydrogen-bond acceptors (Lipinski definition) is 5. The lowest BCUT2D eigenvalue weighted by atomic mass is 10.0. The first-order valence-corrected chi connectivity index (χ1v) is 14.1. The van der Waals surface area contributed by atoms with Crippen molar-refractivity contribution in [3.8, 4) is 11.3 Å². The molecule has 2 heterocycles. The van der Waals surface area contributed by atoms with Crippen LogP contribution in [0.3, 0.4) is 0 Å². The summed E-state index contributed by atoms with van der Waals surface area (Å²) in [6, 6.07) is 19.5. The molecule has 11 heteroatoms. The minimum atomic E-state index is -4.39. The van der Waals surface area contributed by atoms with E-state index in [1.54, 1.807) is 36.1 Å². The van der Waals surface area contributed by atoms with Gasteiger partial charge in [0.1, 0.15) is 17.0 Å². The molecule has 1 aliphatic rings. The van der Waals surface area contributed by atoms with Crippen molar-refractivity contribution in [3.05, 3.63) is 111 Å². The predicted molar refractivity (Wildman–Crippen MR) is 154 cm³/mol. The maximum atomic E-state index is 13.6. The summed E-state index contributed by atoms with van der Waals surface area (Å²) in [5.41, 5.74) is 2.29. The lowest BCUT2D eigenvalue weighted by molar-refractivity contribution is -0.137. The number of amides is 1. The van der Waals surface area contributed by atoms with E-state index >= 15 is 0 Å². The molecule has 6 nitrogen and oxygen atoms in total. The smallest absolute Gasteiger partial charge is 0.368 e. The zero-order valence-corrected chi connectivity index (χ0v) is 24.2. The first-order valence-electron chi connectivity index (χ1n) is 13.4. The molecule has 0 radical (unpaired) electrons. The first-order chi connectivity index (χ1) is 20.1. The van der Waals surface area contributed by atoms with Crippen LogP contribution in [0.25, 0.3) is 11.3 Å². The molecule has 0 spiro atoms. The molecule has 42 heavy (non-hydrogen) atoms. The summed E-state index contributed by atoms with van der Waals surface area (Å²) in [4.78, 5) is 17.5. The third kappa shape index (κ3) is 6.98. The summed E-state index contributed by atoms with van der Waals surface area (Å²) in [6.45, 7) is 4.55. The summed E-state index contributed by atoms with van der Waals surface area (Å²) in [5, 5.41) is 5.19. The molecule has 1 aromatic heterocycles. The normalized spacial score (nSPS) is 15.1. The maximum absolute atomic E-state index is 13.6. The Bertz CT molecular complexity index is 1520. The predicted octanol–water partition coefficient (Wildman–Crippen LogP) is 7.69. The number of benzene rings is 3. The number of halogens is 5. The summed E-state index contributed by atoms with van der Waals surface area (Å²) in [7, 11) is 0. The van der Waals surface area contributed by atoms with Crippen molar-refractivity contribution in [3.63, 3.8) is 0 Å². The second-order valence-electron chi connectivity index (χ2n) is 10.1. The molecule has 3 aromatic carbocycles. The Morgan fingerprint density at radius 3 is 2.29 bits per heavy atom. The molecular weight excluding hydrogens is 590 g/mol. The molecule has 1 saturated heterocycles. The molecule has 220 valence electrons. The zero-order chi connectivity index (χ0) is 29.9. The van der Waals surface area contributed by atoms with Gasteiger partial charge in [0.05, 0.1) is 23.3 Å². The van der Waals surface area contributed by atoms with Crippen LogP contribution < -0.4 is 0 Å². The number of ether oxygens (including phenoxy) is 1. The molecule has 0 unspecified atom stereocenters. The number of carbonyl (C=O) groups excluding carboxylic acids is 1. The Morgan fingerprint density at radius 2 is 1.64 bits per heavy atom. The number of hydrogen-bond donors (Lipinski definition) is 0. The van der Waals surface area contributed by atoms with Crippen LogP contribution in [-0.2, 0) is 17.5 Å². The van der Waals surface area contributed by atoms with E-state index in [9.17, 15) is 18.0 Å². The second-order valence-corrected chi connectivity index (χ2v) is 10.9. The van der Waals surface area contributed by atoms with Crippen LogP contribution in [0.5, 0.6) is 0 Å². The Labute approximate surface area is 251 Å². The Morgan fingerprint density at radius 1 is 0.976 bits per heavy atom. The average molecular weight is 618 g/mol. The van der Waals surface area contributed by atoms with E-state index in [0.29, 0.717) is 70.9 Å². The largest absolute Gasteiger partial charge is 0.416 e. The first kappa shape index (κ1) is 30.1. The van der Waals surface area contributed by atoms with Crippen LogP contribution >= 0.6 is 23.2 Å². The van der Waals surface area contributed by atoms with Crippen LogP contribution in [0.1, 0.15) is 38.9 Å². The van der Waals surface area contributed by atoms with Crippen molar-refractivity contribution in [1.29, 1.82) is 0 Å². The molecule has 1 fully saturated rings. The number of alkyl halides is 3. The molecule has 4 aromatic rings. The number of aromatic nitrogens is 1. The molecule has 0 bridgehead atoms. The van der Waals surface area contributed by atoms with Crippen LogP contribution in [0, 0.1) is 6.92 Å². The number of nitrogens with zero attached hydrogens (tertiary/aromatic N) is 3. The van der Waals surface area contributed by atoms with Crippen LogP contribution in [0.2, 0.25) is 10.0 Å². The van der Waals surface area contributed by atoms with E-state index in [-0.39, 0.29) is 18.6 Å². The highest BCUT2D eigenvalue weighted by Crippen LogP contribution is 2.33. The Balaban J connectivity index is 1.25. The van der Waals surface area contributed by atoms with Gasteiger partial charge in [-0.2, -0.15) is 13.2 Å². The summed E-state index contributed by atoms with van der Waals surface area (Å²) in [6.07, 6.45) is -4.75. The Kier molecular flexibility index (Phi) is 9.22. The lowest BCUT2D eigenvalue weighted by Gasteiger charge is -2.36. The van der Waals surface area contributed by atoms with Gasteiger partial charge in [-0.25, -0.2) is 0 Å². The van der Waals surface area contributed by atoms with E-state index in [2.05, 4.69) is 10.1 Å². The average Bonchev–Trinajstić information content (AvgIpc) is 3.36. The van der Waals surface area contributed by atoms with Gasteiger partial charge < -0.3 is 14.2 Å². The fourth-order valence-corrected chi connectivity index (χ4v) is 5.26. The van der Waals surface area contributed by atoms with Crippen molar-refractivity contribution < 1.29 is 27.2 Å². The molecule has 1 atom stereocenters. The highest BCUT2D eigenvalue weighted by Gasteiger charge is 2.31. The van der Waals surface area contributed by atoms with Gasteiger partial charge in [-0.1, -0.05) is 70.8 Å². The SMILES string of the molecule is Cc1onc(-c2ccccc2Cl)c1C(=O)N1CCN(C[C@H](OCc2ccc(C(F)(F)F)cc2)c2ccc(Cl)cc2)CC1. The molecular formula is C31H28Cl2F3N3O3. The van der Waals surface area contributed by atoms with Crippen molar-refractivity contribution >= 4 is 29.1 Å². The summed E-state index contributed by atoms with van der Waals surface area (Å²) in [5.74, 6) is 0.257. The van der Waals surface area contributed by atoms with Gasteiger partial charge in [0.2, 0.25) is 0 Å². The van der Waals surface area contributed by atoms with Crippen molar-refractivity contribution in [2.45, 2.75) is 25.8 Å². The van der Waals surface area contributed by atoms with Crippen LogP contribution in [0.15, 0.2) is 77.3 Å². The van der Waals surface area contributed by atoms with Gasteiger partial charge in [-0.3, -0.25) is 9.69 Å². The third-order valence-electron chi connectivity index (χ3n) is 7.26. The van der Waals surface area contributed by atoms with Crippen LogP contribution in [-0.4, -0.2) is 53.6 Å². The van der Waals surface area contributed by atoms with Gasteiger partial charge in [-0.15, -0.1) is 0 Å². The van der Waals surface area contributed by atoms with Gasteiger partial charge >= 0.3 is 6.18 Å². The van der Waals surface area contributed by atoms with Crippen molar-refractivity contribution in [1.82, 2.24) is 15.0 Å². The van der Waals surface area contributed by atoms with E-state index < -0.39 is 11.7 Å². The standard InChI is InChI=1S/C31H28Cl2F3N3O3/c1-20-28(29(37-42-20)25-4-2-3-5-26(25)33)30(40)39-16-14-38(15-17-39)18-27(22-8-12-24(32)13-9-22)41-19-21-6-10-23(11-7-21)31(34,35)36/h2-13,27H,14-19H2,1H3/t27-/m0/s1. The molecule has 0 aliphatic carbocycles. The van der Waals surface area contributed by atoms with Gasteiger partial charge in [0, 0.05) is 43.3 Å². The quantitative estimate of drug-likeness (QED) is 0.203. The molecule has 0 N–H and O–H groups in total. The number of piperazine rings is 1. The van der Waals surface area contributed by atoms with Gasteiger partial charge in [0.25, 0.3) is 5.91 Å². The number of aryl methyl sites for hydroxylation is 1. The van der Waals surface area contributed by atoms with Crippen molar-refractivity contribution in [2.75, 3.05) is 32.7 Å². The second kappa shape index (κ2) is 12.9. The van der Waals surface area contributed by atoms with Crippen LogP contribution in [0.4, 0.5) is 13.2 Å². The molecule has 1 amide bonds.